The van der Waals surface area contributed by atoms with Crippen LogP contribution in [0.3, 0.4) is 0 Å². The molecule has 0 spiro atoms. The highest BCUT2D eigenvalue weighted by Crippen LogP contribution is 2.25. The van der Waals surface area contributed by atoms with Gasteiger partial charge in [-0.3, -0.25) is 19.8 Å². The van der Waals surface area contributed by atoms with E-state index in [1.807, 2.05) is 11.9 Å². The molecule has 21 heavy (non-hydrogen) atoms. The third-order valence-electron chi connectivity index (χ3n) is 3.60. The fourth-order valence-electron chi connectivity index (χ4n) is 2.27. The zero-order chi connectivity index (χ0) is 15.4. The van der Waals surface area contributed by atoms with E-state index in [1.54, 1.807) is 19.1 Å². The summed E-state index contributed by atoms with van der Waals surface area (Å²) in [5, 5.41) is 10.6. The maximum atomic E-state index is 11.4. The molecule has 0 aromatic heterocycles. The molecule has 0 bridgehead atoms. The molecule has 1 fully saturated rings. The molecule has 7 nitrogen and oxygen atoms in total. The Kier molecular flexibility index (Phi) is 4.74. The molecule has 0 aliphatic carbocycles. The molecule has 0 amide bonds. The number of nitro benzene ring substituents is 1. The molecule has 1 aliphatic rings. The van der Waals surface area contributed by atoms with Gasteiger partial charge in [0.05, 0.1) is 18.1 Å². The molecule has 1 aliphatic heterocycles. The maximum Gasteiger partial charge on any atom is 0.320 e. The van der Waals surface area contributed by atoms with Crippen LogP contribution in [0.5, 0.6) is 0 Å². The number of ether oxygens (including phenoxy) is 1. The molecule has 1 saturated heterocycles. The lowest BCUT2D eigenvalue weighted by molar-refractivity contribution is -0.384. The monoisotopic (exact) mass is 293 g/mol. The second kappa shape index (κ2) is 6.53. The van der Waals surface area contributed by atoms with Gasteiger partial charge in [-0.05, 0) is 26.1 Å². The van der Waals surface area contributed by atoms with Gasteiger partial charge in [-0.2, -0.15) is 0 Å². The minimum absolute atomic E-state index is 0.0928. The van der Waals surface area contributed by atoms with E-state index in [2.05, 4.69) is 4.90 Å². The molecule has 114 valence electrons. The van der Waals surface area contributed by atoms with E-state index in [0.717, 1.165) is 18.8 Å². The highest BCUT2D eigenvalue weighted by molar-refractivity contribution is 5.71. The highest BCUT2D eigenvalue weighted by atomic mass is 16.6. The Bertz CT molecular complexity index is 511. The van der Waals surface area contributed by atoms with Crippen LogP contribution in [-0.2, 0) is 9.53 Å². The van der Waals surface area contributed by atoms with Crippen molar-refractivity contribution in [3.05, 3.63) is 34.4 Å². The minimum Gasteiger partial charge on any atom is -0.465 e. The lowest BCUT2D eigenvalue weighted by atomic mass is 10.1. The van der Waals surface area contributed by atoms with Crippen molar-refractivity contribution >= 4 is 17.3 Å². The summed E-state index contributed by atoms with van der Waals surface area (Å²) in [6.07, 6.45) is 0. The fourth-order valence-corrected chi connectivity index (χ4v) is 2.27. The van der Waals surface area contributed by atoms with E-state index in [9.17, 15) is 14.9 Å². The van der Waals surface area contributed by atoms with Gasteiger partial charge in [0.25, 0.3) is 5.69 Å². The number of nitrogens with zero attached hydrogens (tertiary/aromatic N) is 3. The molecular formula is C14H19N3O4. The molecule has 0 radical (unpaired) electrons. The van der Waals surface area contributed by atoms with E-state index < -0.39 is 4.92 Å². The summed E-state index contributed by atoms with van der Waals surface area (Å²) >= 11 is 0. The third kappa shape index (κ3) is 3.69. The second-order valence-corrected chi connectivity index (χ2v) is 5.05. The number of hydrogen-bond acceptors (Lipinski definition) is 6. The van der Waals surface area contributed by atoms with Gasteiger partial charge in [-0.15, -0.1) is 0 Å². The number of benzene rings is 1. The first-order valence-corrected chi connectivity index (χ1v) is 6.86. The maximum absolute atomic E-state index is 11.4. The Morgan fingerprint density at radius 2 is 2.05 bits per heavy atom. The fraction of sp³-hybridized carbons (Fsp3) is 0.500. The average molecular weight is 293 g/mol. The van der Waals surface area contributed by atoms with Crippen LogP contribution < -0.4 is 4.90 Å². The highest BCUT2D eigenvalue weighted by Gasteiger charge is 2.31. The number of hydrogen-bond donors (Lipinski definition) is 0. The van der Waals surface area contributed by atoms with Crippen molar-refractivity contribution in [1.29, 1.82) is 0 Å². The largest absolute Gasteiger partial charge is 0.465 e. The van der Waals surface area contributed by atoms with Crippen molar-refractivity contribution in [3.63, 3.8) is 0 Å². The molecule has 0 saturated carbocycles. The van der Waals surface area contributed by atoms with Gasteiger partial charge in [0, 0.05) is 37.0 Å². The Hall–Kier alpha value is -2.15. The van der Waals surface area contributed by atoms with Crippen molar-refractivity contribution in [2.75, 3.05) is 38.2 Å². The van der Waals surface area contributed by atoms with Crippen LogP contribution >= 0.6 is 0 Å². The molecule has 7 heteroatoms. The third-order valence-corrected chi connectivity index (χ3v) is 3.60. The quantitative estimate of drug-likeness (QED) is 0.447. The van der Waals surface area contributed by atoms with Gasteiger partial charge in [0.15, 0.2) is 0 Å². The smallest absolute Gasteiger partial charge is 0.320 e. The SMILES string of the molecule is CCOC(=O)CN(C)C1CN(c2ccc([N+](=O)[O-])cc2)C1. The topological polar surface area (TPSA) is 75.9 Å². The molecule has 0 atom stereocenters. The number of carbonyl (C=O) groups excluding carboxylic acids is 1. The Morgan fingerprint density at radius 1 is 1.43 bits per heavy atom. The van der Waals surface area contributed by atoms with Crippen molar-refractivity contribution < 1.29 is 14.5 Å². The Morgan fingerprint density at radius 3 is 2.57 bits per heavy atom. The normalized spacial score (nSPS) is 14.9. The van der Waals surface area contributed by atoms with E-state index in [0.29, 0.717) is 12.6 Å². The van der Waals surface area contributed by atoms with Gasteiger partial charge in [0.1, 0.15) is 0 Å². The van der Waals surface area contributed by atoms with Crippen LogP contribution in [0.4, 0.5) is 11.4 Å². The minimum atomic E-state index is -0.407. The van der Waals surface area contributed by atoms with Crippen molar-refractivity contribution in [2.24, 2.45) is 0 Å². The molecule has 2 rings (SSSR count). The number of nitro groups is 1. The summed E-state index contributed by atoms with van der Waals surface area (Å²) in [4.78, 5) is 25.7. The molecule has 0 unspecified atom stereocenters. The van der Waals surface area contributed by atoms with Crippen LogP contribution in [0, 0.1) is 10.1 Å². The van der Waals surface area contributed by atoms with Crippen molar-refractivity contribution in [3.8, 4) is 0 Å². The first-order chi connectivity index (χ1) is 10.0. The number of likely N-dealkylation sites (N-methyl/N-ethyl adjacent to an activating group) is 1. The van der Waals surface area contributed by atoms with Gasteiger partial charge in [-0.1, -0.05) is 0 Å². The average Bonchev–Trinajstić information content (AvgIpc) is 2.37. The zero-order valence-corrected chi connectivity index (χ0v) is 12.2. The van der Waals surface area contributed by atoms with E-state index in [4.69, 9.17) is 4.74 Å². The standard InChI is InChI=1S/C14H19N3O4/c1-3-21-14(18)10-15(2)13-8-16(9-13)11-4-6-12(7-5-11)17(19)20/h4-7,13H,3,8-10H2,1-2H3. The van der Waals surface area contributed by atoms with Gasteiger partial charge in [-0.25, -0.2) is 0 Å². The Balaban J connectivity index is 1.83. The summed E-state index contributed by atoms with van der Waals surface area (Å²) in [5.41, 5.74) is 1.05. The molecule has 0 N–H and O–H groups in total. The van der Waals surface area contributed by atoms with Crippen molar-refractivity contribution in [1.82, 2.24) is 4.90 Å². The van der Waals surface area contributed by atoms with Gasteiger partial charge < -0.3 is 9.64 Å². The first-order valence-electron chi connectivity index (χ1n) is 6.86. The van der Waals surface area contributed by atoms with E-state index in [1.165, 1.54) is 12.1 Å². The predicted octanol–water partition coefficient (Wildman–Crippen LogP) is 1.28. The van der Waals surface area contributed by atoms with E-state index >= 15 is 0 Å². The van der Waals surface area contributed by atoms with Gasteiger partial charge >= 0.3 is 5.97 Å². The first kappa shape index (κ1) is 15.2. The van der Waals surface area contributed by atoms with E-state index in [-0.39, 0.29) is 18.2 Å². The zero-order valence-electron chi connectivity index (χ0n) is 12.2. The predicted molar refractivity (Wildman–Crippen MR) is 78.4 cm³/mol. The summed E-state index contributed by atoms with van der Waals surface area (Å²) < 4.78 is 4.92. The van der Waals surface area contributed by atoms with Crippen LogP contribution in [0.2, 0.25) is 0 Å². The number of carbonyl (C=O) groups is 1. The summed E-state index contributed by atoms with van der Waals surface area (Å²) in [7, 11) is 1.90. The summed E-state index contributed by atoms with van der Waals surface area (Å²) in [6, 6.07) is 6.81. The number of anilines is 1. The van der Waals surface area contributed by atoms with Gasteiger partial charge in [0.2, 0.25) is 0 Å². The summed E-state index contributed by atoms with van der Waals surface area (Å²) in [5.74, 6) is -0.214. The number of rotatable bonds is 6. The second-order valence-electron chi connectivity index (χ2n) is 5.05. The van der Waals surface area contributed by atoms with Crippen LogP contribution in [-0.4, -0.2) is 55.1 Å². The summed E-state index contributed by atoms with van der Waals surface area (Å²) in [6.45, 7) is 4.07. The van der Waals surface area contributed by atoms with Crippen LogP contribution in [0.1, 0.15) is 6.92 Å². The molecule has 1 heterocycles. The lowest BCUT2D eigenvalue weighted by Gasteiger charge is -2.45. The number of esters is 1. The molecule has 1 aromatic carbocycles. The molecular weight excluding hydrogens is 274 g/mol. The van der Waals surface area contributed by atoms with Crippen LogP contribution in [0.25, 0.3) is 0 Å². The van der Waals surface area contributed by atoms with Crippen molar-refractivity contribution in [2.45, 2.75) is 13.0 Å². The molecule has 1 aromatic rings. The van der Waals surface area contributed by atoms with Crippen LogP contribution in [0.15, 0.2) is 24.3 Å². The lowest BCUT2D eigenvalue weighted by Crippen LogP contribution is -2.59. The number of non-ortho nitro benzene ring substituents is 1. The Labute approximate surface area is 123 Å².